The number of likely N-dealkylation sites (N-methyl/N-ethyl adjacent to an activating group) is 1. The summed E-state index contributed by atoms with van der Waals surface area (Å²) >= 11 is 0. The fraction of sp³-hybridized carbons (Fsp3) is 0.647. The SMILES string of the molecule is CN1CCN(CCNCc2ccccc2C2CC2)CC1. The van der Waals surface area contributed by atoms with Gasteiger partial charge in [-0.25, -0.2) is 0 Å². The maximum Gasteiger partial charge on any atom is 0.0208 e. The molecule has 3 rings (SSSR count). The summed E-state index contributed by atoms with van der Waals surface area (Å²) < 4.78 is 0. The van der Waals surface area contributed by atoms with E-state index >= 15 is 0 Å². The van der Waals surface area contributed by atoms with E-state index in [1.54, 1.807) is 5.56 Å². The molecule has 1 saturated heterocycles. The molecule has 0 spiro atoms. The highest BCUT2D eigenvalue weighted by atomic mass is 15.2. The lowest BCUT2D eigenvalue weighted by Crippen LogP contribution is -2.46. The van der Waals surface area contributed by atoms with Crippen molar-refractivity contribution in [2.75, 3.05) is 46.3 Å². The Morgan fingerprint density at radius 1 is 1.10 bits per heavy atom. The Bertz CT molecular complexity index is 420. The molecule has 1 saturated carbocycles. The van der Waals surface area contributed by atoms with Crippen LogP contribution in [0.5, 0.6) is 0 Å². The third kappa shape index (κ3) is 3.81. The van der Waals surface area contributed by atoms with Gasteiger partial charge < -0.3 is 10.2 Å². The van der Waals surface area contributed by atoms with E-state index in [2.05, 4.69) is 46.4 Å². The number of piperazine rings is 1. The fourth-order valence-electron chi connectivity index (χ4n) is 3.02. The highest BCUT2D eigenvalue weighted by Crippen LogP contribution is 2.41. The lowest BCUT2D eigenvalue weighted by atomic mass is 10.0. The first-order valence-electron chi connectivity index (χ1n) is 8.02. The molecule has 0 amide bonds. The Hall–Kier alpha value is -0.900. The number of benzene rings is 1. The lowest BCUT2D eigenvalue weighted by molar-refractivity contribution is 0.154. The van der Waals surface area contributed by atoms with Gasteiger partial charge >= 0.3 is 0 Å². The van der Waals surface area contributed by atoms with Crippen LogP contribution in [-0.4, -0.2) is 56.1 Å². The summed E-state index contributed by atoms with van der Waals surface area (Å²) in [5.41, 5.74) is 3.09. The van der Waals surface area contributed by atoms with E-state index in [0.717, 1.165) is 19.0 Å². The van der Waals surface area contributed by atoms with E-state index in [4.69, 9.17) is 0 Å². The number of hydrogen-bond acceptors (Lipinski definition) is 3. The molecule has 2 aliphatic rings. The van der Waals surface area contributed by atoms with Gasteiger partial charge in [-0.05, 0) is 36.9 Å². The van der Waals surface area contributed by atoms with Crippen LogP contribution < -0.4 is 5.32 Å². The van der Waals surface area contributed by atoms with Crippen LogP contribution in [0.2, 0.25) is 0 Å². The minimum absolute atomic E-state index is 0.852. The Morgan fingerprint density at radius 2 is 1.85 bits per heavy atom. The second kappa shape index (κ2) is 6.70. The first-order chi connectivity index (χ1) is 9.83. The van der Waals surface area contributed by atoms with Gasteiger partial charge in [-0.3, -0.25) is 4.90 Å². The van der Waals surface area contributed by atoms with Crippen molar-refractivity contribution >= 4 is 0 Å². The largest absolute Gasteiger partial charge is 0.311 e. The van der Waals surface area contributed by atoms with Crippen molar-refractivity contribution in [2.45, 2.75) is 25.3 Å². The summed E-state index contributed by atoms with van der Waals surface area (Å²) in [6, 6.07) is 8.95. The molecule has 3 heteroatoms. The van der Waals surface area contributed by atoms with E-state index in [9.17, 15) is 0 Å². The average Bonchev–Trinajstić information content (AvgIpc) is 3.30. The summed E-state index contributed by atoms with van der Waals surface area (Å²) in [6.45, 7) is 8.17. The molecule has 1 aromatic rings. The molecule has 3 nitrogen and oxygen atoms in total. The highest BCUT2D eigenvalue weighted by molar-refractivity contribution is 5.33. The average molecular weight is 273 g/mol. The Labute approximate surface area is 123 Å². The molecule has 110 valence electrons. The fourth-order valence-corrected chi connectivity index (χ4v) is 3.02. The van der Waals surface area contributed by atoms with Crippen LogP contribution >= 0.6 is 0 Å². The van der Waals surface area contributed by atoms with Gasteiger partial charge in [0.2, 0.25) is 0 Å². The summed E-state index contributed by atoms with van der Waals surface area (Å²) in [5.74, 6) is 0.852. The van der Waals surface area contributed by atoms with Crippen molar-refractivity contribution in [3.05, 3.63) is 35.4 Å². The molecular weight excluding hydrogens is 246 g/mol. The van der Waals surface area contributed by atoms with Crippen molar-refractivity contribution in [1.82, 2.24) is 15.1 Å². The zero-order chi connectivity index (χ0) is 13.8. The van der Waals surface area contributed by atoms with Gasteiger partial charge in [-0.15, -0.1) is 0 Å². The van der Waals surface area contributed by atoms with Gasteiger partial charge in [0.15, 0.2) is 0 Å². The van der Waals surface area contributed by atoms with Crippen LogP contribution in [0.25, 0.3) is 0 Å². The first-order valence-corrected chi connectivity index (χ1v) is 8.02. The molecule has 1 aliphatic carbocycles. The summed E-state index contributed by atoms with van der Waals surface area (Å²) in [5, 5.41) is 3.63. The topological polar surface area (TPSA) is 18.5 Å². The van der Waals surface area contributed by atoms with Gasteiger partial charge in [0, 0.05) is 45.8 Å². The lowest BCUT2D eigenvalue weighted by Gasteiger charge is -2.32. The van der Waals surface area contributed by atoms with Crippen LogP contribution in [0.1, 0.15) is 29.9 Å². The molecule has 0 bridgehead atoms. The van der Waals surface area contributed by atoms with Gasteiger partial charge in [0.1, 0.15) is 0 Å². The summed E-state index contributed by atoms with van der Waals surface area (Å²) in [4.78, 5) is 4.98. The smallest absolute Gasteiger partial charge is 0.0208 e. The second-order valence-corrected chi connectivity index (χ2v) is 6.29. The maximum absolute atomic E-state index is 3.63. The van der Waals surface area contributed by atoms with E-state index < -0.39 is 0 Å². The first kappa shape index (κ1) is 14.1. The minimum atomic E-state index is 0.852. The Morgan fingerprint density at radius 3 is 2.60 bits per heavy atom. The molecule has 1 N–H and O–H groups in total. The van der Waals surface area contributed by atoms with Crippen LogP contribution in [0.15, 0.2) is 24.3 Å². The van der Waals surface area contributed by atoms with Crippen LogP contribution in [0.4, 0.5) is 0 Å². The van der Waals surface area contributed by atoms with Gasteiger partial charge in [0.25, 0.3) is 0 Å². The van der Waals surface area contributed by atoms with Crippen molar-refractivity contribution in [3.8, 4) is 0 Å². The maximum atomic E-state index is 3.63. The molecule has 0 unspecified atom stereocenters. The van der Waals surface area contributed by atoms with Crippen molar-refractivity contribution in [3.63, 3.8) is 0 Å². The molecule has 20 heavy (non-hydrogen) atoms. The van der Waals surface area contributed by atoms with Gasteiger partial charge in [-0.1, -0.05) is 24.3 Å². The number of nitrogens with zero attached hydrogens (tertiary/aromatic N) is 2. The second-order valence-electron chi connectivity index (χ2n) is 6.29. The highest BCUT2D eigenvalue weighted by Gasteiger charge is 2.25. The minimum Gasteiger partial charge on any atom is -0.311 e. The van der Waals surface area contributed by atoms with Crippen molar-refractivity contribution in [1.29, 1.82) is 0 Å². The van der Waals surface area contributed by atoms with Crippen LogP contribution in [-0.2, 0) is 6.54 Å². The monoisotopic (exact) mass is 273 g/mol. The third-order valence-electron chi connectivity index (χ3n) is 4.59. The van der Waals surface area contributed by atoms with Gasteiger partial charge in [0.05, 0.1) is 0 Å². The molecule has 1 aliphatic heterocycles. The molecule has 1 aromatic carbocycles. The van der Waals surface area contributed by atoms with Crippen molar-refractivity contribution < 1.29 is 0 Å². The van der Waals surface area contributed by atoms with E-state index in [1.807, 2.05) is 0 Å². The molecule has 0 atom stereocenters. The third-order valence-corrected chi connectivity index (χ3v) is 4.59. The van der Waals surface area contributed by atoms with Gasteiger partial charge in [-0.2, -0.15) is 0 Å². The van der Waals surface area contributed by atoms with E-state index in [0.29, 0.717) is 0 Å². The van der Waals surface area contributed by atoms with E-state index in [-0.39, 0.29) is 0 Å². The Kier molecular flexibility index (Phi) is 4.71. The predicted molar refractivity (Wildman–Crippen MR) is 84.1 cm³/mol. The molecule has 1 heterocycles. The predicted octanol–water partition coefficient (Wildman–Crippen LogP) is 1.90. The standard InChI is InChI=1S/C17H27N3/c1-19-10-12-20(13-11-19)9-8-18-14-16-4-2-3-5-17(16)15-6-7-15/h2-5,15,18H,6-14H2,1H3. The van der Waals surface area contributed by atoms with Crippen LogP contribution in [0, 0.1) is 0 Å². The van der Waals surface area contributed by atoms with E-state index in [1.165, 1.54) is 51.1 Å². The molecule has 0 radical (unpaired) electrons. The number of nitrogens with one attached hydrogen (secondary N) is 1. The Balaban J connectivity index is 1.39. The number of rotatable bonds is 6. The molecular formula is C17H27N3. The molecule has 0 aromatic heterocycles. The summed E-state index contributed by atoms with van der Waals surface area (Å²) in [7, 11) is 2.21. The zero-order valence-corrected chi connectivity index (χ0v) is 12.6. The summed E-state index contributed by atoms with van der Waals surface area (Å²) in [6.07, 6.45) is 2.77. The number of hydrogen-bond donors (Lipinski definition) is 1. The van der Waals surface area contributed by atoms with Crippen molar-refractivity contribution in [2.24, 2.45) is 0 Å². The normalized spacial score (nSPS) is 21.2. The quantitative estimate of drug-likeness (QED) is 0.799. The molecule has 2 fully saturated rings. The zero-order valence-electron chi connectivity index (χ0n) is 12.6. The van der Waals surface area contributed by atoms with Crippen LogP contribution in [0.3, 0.4) is 0 Å².